The van der Waals surface area contributed by atoms with E-state index in [1.807, 2.05) is 22.9 Å². The molecule has 2 rings (SSSR count). The van der Waals surface area contributed by atoms with Crippen LogP contribution >= 0.6 is 23.2 Å². The van der Waals surface area contributed by atoms with Gasteiger partial charge in [-0.2, -0.15) is 0 Å². The van der Waals surface area contributed by atoms with Crippen LogP contribution in [-0.2, 0) is 6.54 Å². The maximum Gasteiger partial charge on any atom is 0.139 e. The van der Waals surface area contributed by atoms with Gasteiger partial charge in [-0.3, -0.25) is 0 Å². The Bertz CT molecular complexity index is 457. The fraction of sp³-hybridized carbons (Fsp3) is 0.182. The number of aromatic nitrogens is 2. The highest BCUT2D eigenvalue weighted by atomic mass is 35.5. The van der Waals surface area contributed by atoms with E-state index in [0.29, 0.717) is 10.0 Å². The Morgan fingerprint density at radius 2 is 1.87 bits per heavy atom. The Hall–Kier alpha value is -0.990. The number of hydrogen-bond donors (Lipinski definition) is 0. The standard InChI is InChI=1S/C11H10Cl2N2/c1-2-15-4-3-14-11(15)8-5-9(12)7-10(13)6-8/h3-7H,2H2,1H3. The molecule has 0 unspecified atom stereocenters. The lowest BCUT2D eigenvalue weighted by molar-refractivity contribution is 0.771. The predicted octanol–water partition coefficient (Wildman–Crippen LogP) is 3.88. The van der Waals surface area contributed by atoms with Crippen LogP contribution in [-0.4, -0.2) is 9.55 Å². The molecule has 0 N–H and O–H groups in total. The molecule has 0 aliphatic rings. The fourth-order valence-corrected chi connectivity index (χ4v) is 2.03. The van der Waals surface area contributed by atoms with Gasteiger partial charge in [0.05, 0.1) is 0 Å². The van der Waals surface area contributed by atoms with Gasteiger partial charge in [0.15, 0.2) is 0 Å². The first-order valence-corrected chi connectivity index (χ1v) is 5.44. The third-order valence-corrected chi connectivity index (χ3v) is 2.61. The van der Waals surface area contributed by atoms with Gasteiger partial charge in [0, 0.05) is 34.5 Å². The maximum atomic E-state index is 5.94. The van der Waals surface area contributed by atoms with Crippen molar-refractivity contribution in [3.05, 3.63) is 40.6 Å². The van der Waals surface area contributed by atoms with E-state index in [-0.39, 0.29) is 0 Å². The lowest BCUT2D eigenvalue weighted by Crippen LogP contribution is -1.95. The number of aryl methyl sites for hydroxylation is 1. The largest absolute Gasteiger partial charge is 0.331 e. The Balaban J connectivity index is 2.53. The van der Waals surface area contributed by atoms with E-state index in [1.54, 1.807) is 12.3 Å². The second kappa shape index (κ2) is 4.25. The molecule has 0 saturated carbocycles. The zero-order valence-electron chi connectivity index (χ0n) is 8.24. The molecule has 4 heteroatoms. The summed E-state index contributed by atoms with van der Waals surface area (Å²) in [4.78, 5) is 4.29. The van der Waals surface area contributed by atoms with E-state index in [0.717, 1.165) is 17.9 Å². The average molecular weight is 241 g/mol. The van der Waals surface area contributed by atoms with Crippen LogP contribution in [0.5, 0.6) is 0 Å². The first kappa shape index (κ1) is 10.5. The van der Waals surface area contributed by atoms with Gasteiger partial charge >= 0.3 is 0 Å². The van der Waals surface area contributed by atoms with Gasteiger partial charge in [-0.25, -0.2) is 4.98 Å². The van der Waals surface area contributed by atoms with Gasteiger partial charge in [0.2, 0.25) is 0 Å². The maximum absolute atomic E-state index is 5.94. The monoisotopic (exact) mass is 240 g/mol. The van der Waals surface area contributed by atoms with Crippen LogP contribution in [0.4, 0.5) is 0 Å². The molecule has 0 radical (unpaired) electrons. The quantitative estimate of drug-likeness (QED) is 0.780. The minimum Gasteiger partial charge on any atom is -0.331 e. The van der Waals surface area contributed by atoms with Gasteiger partial charge in [-0.1, -0.05) is 23.2 Å². The Labute approximate surface area is 98.5 Å². The summed E-state index contributed by atoms with van der Waals surface area (Å²) in [5.41, 5.74) is 0.944. The van der Waals surface area contributed by atoms with Crippen molar-refractivity contribution < 1.29 is 0 Å². The van der Waals surface area contributed by atoms with Gasteiger partial charge in [-0.15, -0.1) is 0 Å². The minimum atomic E-state index is 0.628. The first-order chi connectivity index (χ1) is 7.20. The van der Waals surface area contributed by atoms with Crippen LogP contribution < -0.4 is 0 Å². The predicted molar refractivity (Wildman–Crippen MR) is 63.4 cm³/mol. The van der Waals surface area contributed by atoms with E-state index in [1.165, 1.54) is 0 Å². The number of imidazole rings is 1. The van der Waals surface area contributed by atoms with E-state index >= 15 is 0 Å². The zero-order chi connectivity index (χ0) is 10.8. The van der Waals surface area contributed by atoms with Crippen molar-refractivity contribution in [2.45, 2.75) is 13.5 Å². The molecule has 1 heterocycles. The summed E-state index contributed by atoms with van der Waals surface area (Å²) in [6.07, 6.45) is 3.71. The molecule has 15 heavy (non-hydrogen) atoms. The van der Waals surface area contributed by atoms with Crippen molar-refractivity contribution in [3.8, 4) is 11.4 Å². The summed E-state index contributed by atoms with van der Waals surface area (Å²) >= 11 is 11.9. The highest BCUT2D eigenvalue weighted by molar-refractivity contribution is 6.35. The van der Waals surface area contributed by atoms with Crippen molar-refractivity contribution in [1.29, 1.82) is 0 Å². The lowest BCUT2D eigenvalue weighted by Gasteiger charge is -2.05. The zero-order valence-corrected chi connectivity index (χ0v) is 9.76. The van der Waals surface area contributed by atoms with Gasteiger partial charge in [-0.05, 0) is 25.1 Å². The minimum absolute atomic E-state index is 0.628. The smallest absolute Gasteiger partial charge is 0.139 e. The lowest BCUT2D eigenvalue weighted by atomic mass is 10.2. The Morgan fingerprint density at radius 1 is 1.20 bits per heavy atom. The van der Waals surface area contributed by atoms with Gasteiger partial charge in [0.1, 0.15) is 5.82 Å². The molecule has 2 nitrogen and oxygen atoms in total. The molecule has 0 fully saturated rings. The summed E-state index contributed by atoms with van der Waals surface area (Å²) in [5.74, 6) is 0.891. The third kappa shape index (κ3) is 2.16. The van der Waals surface area contributed by atoms with E-state index < -0.39 is 0 Å². The molecule has 0 aliphatic carbocycles. The molecule has 0 spiro atoms. The summed E-state index contributed by atoms with van der Waals surface area (Å²) in [6.45, 7) is 2.94. The van der Waals surface area contributed by atoms with Crippen LogP contribution in [0.2, 0.25) is 10.0 Å². The van der Waals surface area contributed by atoms with Crippen molar-refractivity contribution in [2.24, 2.45) is 0 Å². The summed E-state index contributed by atoms with van der Waals surface area (Å²) < 4.78 is 2.04. The number of hydrogen-bond acceptors (Lipinski definition) is 1. The van der Waals surface area contributed by atoms with Gasteiger partial charge in [0.25, 0.3) is 0 Å². The van der Waals surface area contributed by atoms with Crippen molar-refractivity contribution in [2.75, 3.05) is 0 Å². The van der Waals surface area contributed by atoms with Crippen LogP contribution in [0.25, 0.3) is 11.4 Å². The number of halogens is 2. The third-order valence-electron chi connectivity index (χ3n) is 2.18. The van der Waals surface area contributed by atoms with Crippen LogP contribution in [0, 0.1) is 0 Å². The Kier molecular flexibility index (Phi) is 2.98. The number of nitrogens with zero attached hydrogens (tertiary/aromatic N) is 2. The molecule has 0 amide bonds. The van der Waals surface area contributed by atoms with Gasteiger partial charge < -0.3 is 4.57 Å². The van der Waals surface area contributed by atoms with Crippen LogP contribution in [0.1, 0.15) is 6.92 Å². The molecule has 0 saturated heterocycles. The number of rotatable bonds is 2. The van der Waals surface area contributed by atoms with Crippen LogP contribution in [0.3, 0.4) is 0 Å². The molecule has 2 aromatic rings. The first-order valence-electron chi connectivity index (χ1n) is 4.68. The van der Waals surface area contributed by atoms with E-state index in [4.69, 9.17) is 23.2 Å². The second-order valence-corrected chi connectivity index (χ2v) is 4.07. The molecule has 0 bridgehead atoms. The topological polar surface area (TPSA) is 17.8 Å². The fourth-order valence-electron chi connectivity index (χ4n) is 1.51. The van der Waals surface area contributed by atoms with Crippen molar-refractivity contribution in [3.63, 3.8) is 0 Å². The Morgan fingerprint density at radius 3 is 2.47 bits per heavy atom. The molecule has 78 valence electrons. The van der Waals surface area contributed by atoms with E-state index in [2.05, 4.69) is 11.9 Å². The highest BCUT2D eigenvalue weighted by Crippen LogP contribution is 2.26. The average Bonchev–Trinajstić information content (AvgIpc) is 2.63. The van der Waals surface area contributed by atoms with Crippen molar-refractivity contribution in [1.82, 2.24) is 9.55 Å². The summed E-state index contributed by atoms with van der Waals surface area (Å²) in [7, 11) is 0. The molecule has 0 aliphatic heterocycles. The second-order valence-electron chi connectivity index (χ2n) is 3.19. The molecule has 0 atom stereocenters. The SMILES string of the molecule is CCn1ccnc1-c1cc(Cl)cc(Cl)c1. The highest BCUT2D eigenvalue weighted by Gasteiger charge is 2.06. The molecular weight excluding hydrogens is 231 g/mol. The normalized spacial score (nSPS) is 10.6. The number of benzene rings is 1. The molecular formula is C11H10Cl2N2. The van der Waals surface area contributed by atoms with Crippen LogP contribution in [0.15, 0.2) is 30.6 Å². The van der Waals surface area contributed by atoms with E-state index in [9.17, 15) is 0 Å². The summed E-state index contributed by atoms with van der Waals surface area (Å²) in [5, 5.41) is 1.26. The van der Waals surface area contributed by atoms with Crippen molar-refractivity contribution >= 4 is 23.2 Å². The molecule has 1 aromatic carbocycles. The summed E-state index contributed by atoms with van der Waals surface area (Å²) in [6, 6.07) is 5.44. The molecule has 1 aromatic heterocycles.